The molecular weight excluding hydrogens is 366 g/mol. The van der Waals surface area contributed by atoms with Crippen molar-refractivity contribution in [2.24, 2.45) is 5.92 Å². The number of nitrogens with zero attached hydrogens (tertiary/aromatic N) is 2. The predicted molar refractivity (Wildman–Crippen MR) is 112 cm³/mol. The van der Waals surface area contributed by atoms with Crippen molar-refractivity contribution in [1.82, 2.24) is 9.80 Å². The Morgan fingerprint density at radius 2 is 1.79 bits per heavy atom. The summed E-state index contributed by atoms with van der Waals surface area (Å²) in [5.74, 6) is -0.853. The molecule has 0 unspecified atom stereocenters. The van der Waals surface area contributed by atoms with Crippen LogP contribution in [-0.2, 0) is 27.3 Å². The number of likely N-dealkylation sites (tertiary alicyclic amines) is 1. The van der Waals surface area contributed by atoms with E-state index in [2.05, 4.69) is 5.32 Å². The summed E-state index contributed by atoms with van der Waals surface area (Å²) >= 11 is 0. The van der Waals surface area contributed by atoms with Gasteiger partial charge in [0.25, 0.3) is 0 Å². The summed E-state index contributed by atoms with van der Waals surface area (Å²) in [7, 11) is 1.61. The van der Waals surface area contributed by atoms with Gasteiger partial charge in [-0.05, 0) is 23.6 Å². The van der Waals surface area contributed by atoms with Gasteiger partial charge in [0.2, 0.25) is 17.7 Å². The number of carbonyl (C=O) groups excluding carboxylic acids is 3. The highest BCUT2D eigenvalue weighted by atomic mass is 16.2. The van der Waals surface area contributed by atoms with Crippen molar-refractivity contribution in [3.8, 4) is 0 Å². The molecule has 0 saturated carbocycles. The van der Waals surface area contributed by atoms with Crippen LogP contribution in [0.3, 0.4) is 0 Å². The SMILES string of the molecule is CCc1ccccc1NC(=O)CN(C)C(=O)[C@@H]1CC(=O)N(Cc2ccccc2)C1. The van der Waals surface area contributed by atoms with Gasteiger partial charge < -0.3 is 15.1 Å². The number of hydrogen-bond acceptors (Lipinski definition) is 3. The summed E-state index contributed by atoms with van der Waals surface area (Å²) in [6.45, 7) is 2.87. The monoisotopic (exact) mass is 393 g/mol. The summed E-state index contributed by atoms with van der Waals surface area (Å²) in [5.41, 5.74) is 2.86. The van der Waals surface area contributed by atoms with Gasteiger partial charge in [0, 0.05) is 32.2 Å². The van der Waals surface area contributed by atoms with Gasteiger partial charge in [-0.2, -0.15) is 0 Å². The molecule has 3 amide bonds. The van der Waals surface area contributed by atoms with E-state index < -0.39 is 5.92 Å². The average Bonchev–Trinajstić information content (AvgIpc) is 3.08. The lowest BCUT2D eigenvalue weighted by Crippen LogP contribution is -2.39. The van der Waals surface area contributed by atoms with Crippen molar-refractivity contribution in [3.63, 3.8) is 0 Å². The second kappa shape index (κ2) is 9.37. The number of anilines is 1. The first-order chi connectivity index (χ1) is 14.0. The first-order valence-electron chi connectivity index (χ1n) is 9.92. The normalized spacial score (nSPS) is 16.0. The average molecular weight is 393 g/mol. The lowest BCUT2D eigenvalue weighted by Gasteiger charge is -2.21. The first-order valence-corrected chi connectivity index (χ1v) is 9.92. The number of rotatable bonds is 7. The van der Waals surface area contributed by atoms with Crippen molar-refractivity contribution in [1.29, 1.82) is 0 Å². The molecule has 0 aromatic heterocycles. The Hall–Kier alpha value is -3.15. The molecule has 1 saturated heterocycles. The molecule has 0 aliphatic carbocycles. The first kappa shape index (κ1) is 20.6. The molecule has 1 fully saturated rings. The lowest BCUT2D eigenvalue weighted by molar-refractivity contribution is -0.137. The molecular formula is C23H27N3O3. The third kappa shape index (κ3) is 5.22. The van der Waals surface area contributed by atoms with E-state index in [1.165, 1.54) is 4.90 Å². The number of aryl methyl sites for hydroxylation is 1. The van der Waals surface area contributed by atoms with Gasteiger partial charge in [-0.3, -0.25) is 14.4 Å². The zero-order valence-corrected chi connectivity index (χ0v) is 16.9. The Labute approximate surface area is 171 Å². The summed E-state index contributed by atoms with van der Waals surface area (Å²) in [4.78, 5) is 40.6. The van der Waals surface area contributed by atoms with E-state index in [9.17, 15) is 14.4 Å². The van der Waals surface area contributed by atoms with Crippen molar-refractivity contribution in [3.05, 3.63) is 65.7 Å². The quantitative estimate of drug-likeness (QED) is 0.786. The van der Waals surface area contributed by atoms with Crippen LogP contribution < -0.4 is 5.32 Å². The molecule has 1 aliphatic heterocycles. The van der Waals surface area contributed by atoms with Crippen molar-refractivity contribution in [2.75, 3.05) is 25.5 Å². The Morgan fingerprint density at radius 1 is 1.10 bits per heavy atom. The van der Waals surface area contributed by atoms with Crippen molar-refractivity contribution >= 4 is 23.4 Å². The van der Waals surface area contributed by atoms with Crippen LogP contribution in [0.4, 0.5) is 5.69 Å². The third-order valence-electron chi connectivity index (χ3n) is 5.21. The van der Waals surface area contributed by atoms with Gasteiger partial charge in [0.15, 0.2) is 0 Å². The Morgan fingerprint density at radius 3 is 2.52 bits per heavy atom. The second-order valence-electron chi connectivity index (χ2n) is 7.41. The Bertz CT molecular complexity index is 882. The second-order valence-corrected chi connectivity index (χ2v) is 7.41. The van der Waals surface area contributed by atoms with Gasteiger partial charge in [0.1, 0.15) is 0 Å². The van der Waals surface area contributed by atoms with Gasteiger partial charge in [0.05, 0.1) is 12.5 Å². The highest BCUT2D eigenvalue weighted by Gasteiger charge is 2.36. The topological polar surface area (TPSA) is 69.7 Å². The third-order valence-corrected chi connectivity index (χ3v) is 5.21. The maximum atomic E-state index is 12.8. The predicted octanol–water partition coefficient (Wildman–Crippen LogP) is 2.69. The molecule has 29 heavy (non-hydrogen) atoms. The van der Waals surface area contributed by atoms with Crippen LogP contribution in [0, 0.1) is 5.92 Å². The smallest absolute Gasteiger partial charge is 0.243 e. The van der Waals surface area contributed by atoms with E-state index in [1.807, 2.05) is 61.5 Å². The number of para-hydroxylation sites is 1. The van der Waals surface area contributed by atoms with Gasteiger partial charge >= 0.3 is 0 Å². The molecule has 0 bridgehead atoms. The van der Waals surface area contributed by atoms with Gasteiger partial charge in [-0.15, -0.1) is 0 Å². The molecule has 3 rings (SSSR count). The van der Waals surface area contributed by atoms with Crippen LogP contribution in [0.2, 0.25) is 0 Å². The maximum absolute atomic E-state index is 12.8. The van der Waals surface area contributed by atoms with Crippen LogP contribution in [0.1, 0.15) is 24.5 Å². The fourth-order valence-electron chi connectivity index (χ4n) is 3.64. The molecule has 6 nitrogen and oxygen atoms in total. The van der Waals surface area contributed by atoms with Gasteiger partial charge in [-0.1, -0.05) is 55.5 Å². The highest BCUT2D eigenvalue weighted by molar-refractivity contribution is 5.96. The summed E-state index contributed by atoms with van der Waals surface area (Å²) in [6.07, 6.45) is 1.00. The number of amides is 3. The molecule has 1 aliphatic rings. The van der Waals surface area contributed by atoms with Crippen LogP contribution in [-0.4, -0.2) is 47.7 Å². The largest absolute Gasteiger partial charge is 0.338 e. The van der Waals surface area contributed by atoms with Crippen LogP contribution in [0.25, 0.3) is 0 Å². The number of likely N-dealkylation sites (N-methyl/N-ethyl adjacent to an activating group) is 1. The molecule has 1 heterocycles. The minimum absolute atomic E-state index is 0.0260. The molecule has 2 aromatic carbocycles. The molecule has 0 radical (unpaired) electrons. The molecule has 1 N–H and O–H groups in total. The van der Waals surface area contributed by atoms with Crippen LogP contribution in [0.15, 0.2) is 54.6 Å². The van der Waals surface area contributed by atoms with Crippen LogP contribution in [0.5, 0.6) is 0 Å². The van der Waals surface area contributed by atoms with E-state index >= 15 is 0 Å². The number of carbonyl (C=O) groups is 3. The highest BCUT2D eigenvalue weighted by Crippen LogP contribution is 2.22. The standard InChI is InChI=1S/C23H27N3O3/c1-3-18-11-7-8-12-20(18)24-21(27)16-25(2)23(29)19-13-22(28)26(15-19)14-17-9-5-4-6-10-17/h4-12,19H,3,13-16H2,1-2H3,(H,24,27)/t19-/m1/s1. The summed E-state index contributed by atoms with van der Waals surface area (Å²) < 4.78 is 0. The van der Waals surface area contributed by atoms with E-state index in [0.29, 0.717) is 13.1 Å². The van der Waals surface area contributed by atoms with Crippen LogP contribution >= 0.6 is 0 Å². The maximum Gasteiger partial charge on any atom is 0.243 e. The number of benzene rings is 2. The van der Waals surface area contributed by atoms with Crippen molar-refractivity contribution in [2.45, 2.75) is 26.3 Å². The Balaban J connectivity index is 1.54. The zero-order valence-electron chi connectivity index (χ0n) is 16.9. The van der Waals surface area contributed by atoms with E-state index in [4.69, 9.17) is 0 Å². The van der Waals surface area contributed by atoms with Gasteiger partial charge in [-0.25, -0.2) is 0 Å². The number of nitrogens with one attached hydrogen (secondary N) is 1. The molecule has 0 spiro atoms. The van der Waals surface area contributed by atoms with E-state index in [-0.39, 0.29) is 30.7 Å². The van der Waals surface area contributed by atoms with E-state index in [1.54, 1.807) is 11.9 Å². The fourth-order valence-corrected chi connectivity index (χ4v) is 3.64. The molecule has 2 aromatic rings. The molecule has 152 valence electrons. The molecule has 1 atom stereocenters. The minimum atomic E-state index is -0.410. The van der Waals surface area contributed by atoms with E-state index in [0.717, 1.165) is 23.2 Å². The summed E-state index contributed by atoms with van der Waals surface area (Å²) in [5, 5.41) is 2.88. The van der Waals surface area contributed by atoms with Crippen molar-refractivity contribution < 1.29 is 14.4 Å². The molecule has 6 heteroatoms. The number of hydrogen-bond donors (Lipinski definition) is 1. The Kier molecular flexibility index (Phi) is 6.65. The fraction of sp³-hybridized carbons (Fsp3) is 0.348. The zero-order chi connectivity index (χ0) is 20.8. The lowest BCUT2D eigenvalue weighted by atomic mass is 10.1. The summed E-state index contributed by atoms with van der Waals surface area (Å²) in [6, 6.07) is 17.4. The minimum Gasteiger partial charge on any atom is -0.338 e.